The Labute approximate surface area is 107 Å². The number of benzene rings is 1. The van der Waals surface area contributed by atoms with E-state index in [1.807, 2.05) is 12.1 Å². The van der Waals surface area contributed by atoms with Crippen molar-refractivity contribution in [3.63, 3.8) is 0 Å². The van der Waals surface area contributed by atoms with E-state index in [2.05, 4.69) is 0 Å². The van der Waals surface area contributed by atoms with Gasteiger partial charge in [-0.2, -0.15) is 0 Å². The maximum Gasteiger partial charge on any atom is 0.312 e. The molecular formula is C13H19NO4. The van der Waals surface area contributed by atoms with E-state index in [9.17, 15) is 4.79 Å². The van der Waals surface area contributed by atoms with E-state index in [-0.39, 0.29) is 6.61 Å². The molecule has 0 saturated heterocycles. The number of nitrogens with two attached hydrogens (primary N) is 1. The summed E-state index contributed by atoms with van der Waals surface area (Å²) in [5.41, 5.74) is 5.44. The Balaban J connectivity index is 2.93. The van der Waals surface area contributed by atoms with Gasteiger partial charge in [-0.15, -0.1) is 0 Å². The summed E-state index contributed by atoms with van der Waals surface area (Å²) >= 11 is 0. The van der Waals surface area contributed by atoms with Crippen LogP contribution in [0.1, 0.15) is 19.4 Å². The summed E-state index contributed by atoms with van der Waals surface area (Å²) in [6.07, 6.45) is 0. The van der Waals surface area contributed by atoms with Crippen LogP contribution in [0, 0.1) is 5.41 Å². The number of methoxy groups -OCH3 is 1. The lowest BCUT2D eigenvalue weighted by atomic mass is 9.95. The quantitative estimate of drug-likeness (QED) is 0.805. The van der Waals surface area contributed by atoms with Crippen molar-refractivity contribution in [2.24, 2.45) is 11.1 Å². The molecule has 0 atom stereocenters. The van der Waals surface area contributed by atoms with Gasteiger partial charge in [0.25, 0.3) is 0 Å². The van der Waals surface area contributed by atoms with Gasteiger partial charge in [0.2, 0.25) is 0 Å². The fraction of sp³-hybridized carbons (Fsp3) is 0.462. The molecule has 5 nitrogen and oxygen atoms in total. The standard InChI is InChI=1S/C13H19NO4/c1-13(2,12(15)16)8-18-11-9(7-14)5-4-6-10(11)17-3/h4-6H,7-8,14H2,1-3H3,(H,15,16). The van der Waals surface area contributed by atoms with Gasteiger partial charge in [0.15, 0.2) is 11.5 Å². The lowest BCUT2D eigenvalue weighted by Crippen LogP contribution is -2.31. The molecule has 0 bridgehead atoms. The van der Waals surface area contributed by atoms with Gasteiger partial charge in [-0.05, 0) is 19.9 Å². The van der Waals surface area contributed by atoms with Crippen LogP contribution < -0.4 is 15.2 Å². The van der Waals surface area contributed by atoms with Gasteiger partial charge in [0.05, 0.1) is 12.5 Å². The number of hydrogen-bond donors (Lipinski definition) is 2. The number of ether oxygens (including phenoxy) is 2. The number of aliphatic carboxylic acids is 1. The Hall–Kier alpha value is -1.75. The van der Waals surface area contributed by atoms with Crippen molar-refractivity contribution in [1.82, 2.24) is 0 Å². The van der Waals surface area contributed by atoms with Crippen molar-refractivity contribution in [2.45, 2.75) is 20.4 Å². The van der Waals surface area contributed by atoms with Crippen LogP contribution in [0.3, 0.4) is 0 Å². The van der Waals surface area contributed by atoms with Crippen LogP contribution in [0.15, 0.2) is 18.2 Å². The normalized spacial score (nSPS) is 11.1. The molecule has 3 N–H and O–H groups in total. The summed E-state index contributed by atoms with van der Waals surface area (Å²) in [6, 6.07) is 5.39. The molecule has 0 saturated carbocycles. The minimum atomic E-state index is -0.966. The van der Waals surface area contributed by atoms with Crippen LogP contribution in [-0.2, 0) is 11.3 Å². The Morgan fingerprint density at radius 2 is 2.11 bits per heavy atom. The van der Waals surface area contributed by atoms with Crippen molar-refractivity contribution >= 4 is 5.97 Å². The Morgan fingerprint density at radius 1 is 1.44 bits per heavy atom. The molecule has 0 aliphatic rings. The number of carbonyl (C=O) groups is 1. The monoisotopic (exact) mass is 253 g/mol. The molecule has 0 aliphatic carbocycles. The molecule has 100 valence electrons. The first kappa shape index (κ1) is 14.3. The average molecular weight is 253 g/mol. The van der Waals surface area contributed by atoms with Gasteiger partial charge in [0.1, 0.15) is 6.61 Å². The van der Waals surface area contributed by atoms with Crippen molar-refractivity contribution < 1.29 is 19.4 Å². The van der Waals surface area contributed by atoms with Gasteiger partial charge >= 0.3 is 5.97 Å². The van der Waals surface area contributed by atoms with Gasteiger partial charge in [-0.25, -0.2) is 0 Å². The van der Waals surface area contributed by atoms with Crippen LogP contribution in [-0.4, -0.2) is 24.8 Å². The fourth-order valence-electron chi connectivity index (χ4n) is 1.36. The number of carboxylic acid groups (broad SMARTS) is 1. The Morgan fingerprint density at radius 3 is 2.61 bits per heavy atom. The molecule has 0 unspecified atom stereocenters. The maximum absolute atomic E-state index is 11.0. The number of para-hydroxylation sites is 1. The first-order chi connectivity index (χ1) is 8.42. The van der Waals surface area contributed by atoms with Gasteiger partial charge < -0.3 is 20.3 Å². The summed E-state index contributed by atoms with van der Waals surface area (Å²) in [7, 11) is 1.53. The van der Waals surface area contributed by atoms with E-state index in [1.165, 1.54) is 7.11 Å². The molecule has 0 aromatic heterocycles. The third-order valence-electron chi connectivity index (χ3n) is 2.66. The molecule has 0 amide bonds. The van der Waals surface area contributed by atoms with E-state index >= 15 is 0 Å². The molecule has 1 aromatic carbocycles. The zero-order valence-electron chi connectivity index (χ0n) is 10.9. The van der Waals surface area contributed by atoms with Crippen LogP contribution in [0.2, 0.25) is 0 Å². The molecule has 0 heterocycles. The first-order valence-electron chi connectivity index (χ1n) is 5.64. The largest absolute Gasteiger partial charge is 0.493 e. The molecule has 5 heteroatoms. The number of carboxylic acids is 1. The lowest BCUT2D eigenvalue weighted by molar-refractivity contribution is -0.148. The smallest absolute Gasteiger partial charge is 0.312 e. The minimum absolute atomic E-state index is 0.0513. The van der Waals surface area contributed by atoms with Crippen molar-refractivity contribution in [2.75, 3.05) is 13.7 Å². The summed E-state index contributed by atoms with van der Waals surface area (Å²) in [6.45, 7) is 3.56. The van der Waals surface area contributed by atoms with E-state index in [0.29, 0.717) is 18.0 Å². The van der Waals surface area contributed by atoms with Crippen molar-refractivity contribution in [1.29, 1.82) is 0 Å². The molecule has 0 radical (unpaired) electrons. The second kappa shape index (κ2) is 5.73. The topological polar surface area (TPSA) is 81.8 Å². The van der Waals surface area contributed by atoms with E-state index in [0.717, 1.165) is 5.56 Å². The van der Waals surface area contributed by atoms with Gasteiger partial charge in [-0.3, -0.25) is 4.79 Å². The molecule has 1 aromatic rings. The first-order valence-corrected chi connectivity index (χ1v) is 5.64. The van der Waals surface area contributed by atoms with Gasteiger partial charge in [0, 0.05) is 12.1 Å². The summed E-state index contributed by atoms with van der Waals surface area (Å²) in [5.74, 6) is 0.155. The van der Waals surface area contributed by atoms with Crippen LogP contribution >= 0.6 is 0 Å². The second-order valence-corrected chi connectivity index (χ2v) is 4.63. The molecule has 0 spiro atoms. The Bertz CT molecular complexity index is 407. The summed E-state index contributed by atoms with van der Waals surface area (Å²) < 4.78 is 10.8. The van der Waals surface area contributed by atoms with E-state index in [1.54, 1.807) is 19.9 Å². The molecule has 0 fully saturated rings. The lowest BCUT2D eigenvalue weighted by Gasteiger charge is -2.21. The third-order valence-corrected chi connectivity index (χ3v) is 2.66. The van der Waals surface area contributed by atoms with Crippen LogP contribution in [0.5, 0.6) is 11.5 Å². The highest BCUT2D eigenvalue weighted by Crippen LogP contribution is 2.32. The van der Waals surface area contributed by atoms with Crippen LogP contribution in [0.25, 0.3) is 0 Å². The highest BCUT2D eigenvalue weighted by molar-refractivity contribution is 5.73. The second-order valence-electron chi connectivity index (χ2n) is 4.63. The third kappa shape index (κ3) is 3.13. The van der Waals surface area contributed by atoms with Crippen molar-refractivity contribution in [3.8, 4) is 11.5 Å². The Kier molecular flexibility index (Phi) is 4.55. The van der Waals surface area contributed by atoms with Crippen molar-refractivity contribution in [3.05, 3.63) is 23.8 Å². The van der Waals surface area contributed by atoms with Crippen LogP contribution in [0.4, 0.5) is 0 Å². The molecular weight excluding hydrogens is 234 g/mol. The summed E-state index contributed by atoms with van der Waals surface area (Å²) in [5, 5.41) is 9.04. The molecule has 18 heavy (non-hydrogen) atoms. The van der Waals surface area contributed by atoms with Gasteiger partial charge in [-0.1, -0.05) is 12.1 Å². The highest BCUT2D eigenvalue weighted by atomic mass is 16.5. The number of rotatable bonds is 6. The number of hydrogen-bond acceptors (Lipinski definition) is 4. The molecule has 1 rings (SSSR count). The SMILES string of the molecule is COc1cccc(CN)c1OCC(C)(C)C(=O)O. The molecule has 0 aliphatic heterocycles. The van der Waals surface area contributed by atoms with E-state index in [4.69, 9.17) is 20.3 Å². The summed E-state index contributed by atoms with van der Waals surface area (Å²) in [4.78, 5) is 11.0. The highest BCUT2D eigenvalue weighted by Gasteiger charge is 2.29. The average Bonchev–Trinajstić information content (AvgIpc) is 2.35. The predicted molar refractivity (Wildman–Crippen MR) is 67.8 cm³/mol. The predicted octanol–water partition coefficient (Wildman–Crippen LogP) is 1.64. The zero-order chi connectivity index (χ0) is 13.8. The zero-order valence-corrected chi connectivity index (χ0v) is 10.9. The fourth-order valence-corrected chi connectivity index (χ4v) is 1.36. The maximum atomic E-state index is 11.0. The van der Waals surface area contributed by atoms with E-state index < -0.39 is 11.4 Å². The minimum Gasteiger partial charge on any atom is -0.493 e.